The van der Waals surface area contributed by atoms with Crippen LogP contribution in [-0.2, 0) is 16.6 Å². The summed E-state index contributed by atoms with van der Waals surface area (Å²) in [7, 11) is -3.22. The third kappa shape index (κ3) is 4.18. The van der Waals surface area contributed by atoms with Crippen molar-refractivity contribution in [2.75, 3.05) is 19.3 Å². The van der Waals surface area contributed by atoms with Crippen LogP contribution in [-0.4, -0.2) is 36.6 Å². The van der Waals surface area contributed by atoms with Crippen molar-refractivity contribution >= 4 is 32.5 Å². The molecule has 0 aliphatic carbocycles. The Morgan fingerprint density at radius 1 is 1.28 bits per heavy atom. The van der Waals surface area contributed by atoms with Gasteiger partial charge in [-0.25, -0.2) is 12.7 Å². The molecule has 0 spiro atoms. The maximum Gasteiger partial charge on any atom is 0.211 e. The summed E-state index contributed by atoms with van der Waals surface area (Å²) in [6.45, 7) is 1.03. The minimum absolute atomic E-state index is 0.0654. The lowest BCUT2D eigenvalue weighted by Crippen LogP contribution is -2.38. The number of hydrogen-bond donors (Lipinski definition) is 0. The molecule has 0 N–H and O–H groups in total. The number of benzene rings is 2. The summed E-state index contributed by atoms with van der Waals surface area (Å²) >= 11 is 6.80. The predicted octanol–water partition coefficient (Wildman–Crippen LogP) is 5.24. The molecule has 2 heterocycles. The highest BCUT2D eigenvalue weighted by Gasteiger charge is 2.28. The second-order valence-corrected chi connectivity index (χ2v) is 10.2. The second-order valence-electron chi connectivity index (χ2n) is 7.86. The Labute approximate surface area is 191 Å². The molecule has 32 heavy (non-hydrogen) atoms. The smallest absolute Gasteiger partial charge is 0.211 e. The van der Waals surface area contributed by atoms with E-state index in [9.17, 15) is 13.7 Å². The molecule has 2 aromatic carbocycles. The maximum absolute atomic E-state index is 11.9. The molecule has 0 saturated carbocycles. The molecule has 10 heteroatoms. The van der Waals surface area contributed by atoms with Gasteiger partial charge in [-0.3, -0.25) is 0 Å². The molecule has 1 aromatic heterocycles. The number of halogens is 1. The molecule has 4 rings (SSSR count). The van der Waals surface area contributed by atoms with Crippen LogP contribution in [0.1, 0.15) is 30.0 Å². The minimum atomic E-state index is -3.22. The van der Waals surface area contributed by atoms with Gasteiger partial charge < -0.3 is 4.57 Å². The average Bonchev–Trinajstić information content (AvgIpc) is 3.19. The van der Waals surface area contributed by atoms with Crippen LogP contribution < -0.4 is 0 Å². The van der Waals surface area contributed by atoms with Gasteiger partial charge in [0, 0.05) is 41.2 Å². The molecule has 0 unspecified atom stereocenters. The standard InChI is InChI=1S/C22H21ClN6O2S/c1-32(30,31)28-9-7-18(8-10-28)29-14-20(16-4-2-3-15(11-16)12-24)19-6-5-17(13-26-27-25)21(23)22(19)29/h2-6,11,14,18H,7-10,13H2,1H3. The average molecular weight is 469 g/mol. The fourth-order valence-electron chi connectivity index (χ4n) is 4.31. The van der Waals surface area contributed by atoms with E-state index in [-0.39, 0.29) is 12.6 Å². The zero-order chi connectivity index (χ0) is 22.9. The fraction of sp³-hybridized carbons (Fsp3) is 0.318. The molecular formula is C22H21ClN6O2S. The molecular weight excluding hydrogens is 448 g/mol. The summed E-state index contributed by atoms with van der Waals surface area (Å²) < 4.78 is 27.5. The van der Waals surface area contributed by atoms with E-state index in [1.165, 1.54) is 10.6 Å². The first-order chi connectivity index (χ1) is 15.3. The predicted molar refractivity (Wildman–Crippen MR) is 125 cm³/mol. The lowest BCUT2D eigenvalue weighted by Gasteiger charge is -2.31. The van der Waals surface area contributed by atoms with Crippen molar-refractivity contribution in [3.63, 3.8) is 0 Å². The van der Waals surface area contributed by atoms with Crippen LogP contribution in [0.4, 0.5) is 0 Å². The van der Waals surface area contributed by atoms with E-state index in [0.29, 0.717) is 36.5 Å². The summed E-state index contributed by atoms with van der Waals surface area (Å²) in [4.78, 5) is 2.83. The molecule has 0 radical (unpaired) electrons. The number of fused-ring (bicyclic) bond motifs is 1. The highest BCUT2D eigenvalue weighted by molar-refractivity contribution is 7.88. The third-order valence-electron chi connectivity index (χ3n) is 5.91. The third-order valence-corrected chi connectivity index (χ3v) is 7.63. The van der Waals surface area contributed by atoms with Gasteiger partial charge >= 0.3 is 0 Å². The Bertz CT molecular complexity index is 1380. The molecule has 3 aromatic rings. The topological polar surface area (TPSA) is 115 Å². The van der Waals surface area contributed by atoms with E-state index in [2.05, 4.69) is 20.7 Å². The normalized spacial score (nSPS) is 15.4. The van der Waals surface area contributed by atoms with Crippen LogP contribution >= 0.6 is 11.6 Å². The van der Waals surface area contributed by atoms with Crippen molar-refractivity contribution in [2.24, 2.45) is 5.11 Å². The van der Waals surface area contributed by atoms with Gasteiger partial charge in [-0.2, -0.15) is 5.26 Å². The second kappa shape index (κ2) is 8.85. The van der Waals surface area contributed by atoms with Crippen molar-refractivity contribution in [3.8, 4) is 17.2 Å². The first-order valence-corrected chi connectivity index (χ1v) is 12.3. The molecule has 1 aliphatic heterocycles. The summed E-state index contributed by atoms with van der Waals surface area (Å²) in [6, 6.07) is 13.5. The van der Waals surface area contributed by atoms with Crippen LogP contribution in [0.5, 0.6) is 0 Å². The Kier molecular flexibility index (Phi) is 6.13. The van der Waals surface area contributed by atoms with E-state index in [4.69, 9.17) is 17.1 Å². The van der Waals surface area contributed by atoms with E-state index >= 15 is 0 Å². The number of nitrogens with zero attached hydrogens (tertiary/aromatic N) is 6. The molecule has 0 bridgehead atoms. The molecule has 0 atom stereocenters. The zero-order valence-electron chi connectivity index (χ0n) is 17.4. The molecule has 0 amide bonds. The molecule has 8 nitrogen and oxygen atoms in total. The lowest BCUT2D eigenvalue weighted by molar-refractivity contribution is 0.279. The monoisotopic (exact) mass is 468 g/mol. The fourth-order valence-corrected chi connectivity index (χ4v) is 5.50. The van der Waals surface area contributed by atoms with Gasteiger partial charge in [-0.1, -0.05) is 41.0 Å². The number of rotatable bonds is 5. The van der Waals surface area contributed by atoms with Crippen LogP contribution in [0.2, 0.25) is 5.02 Å². The van der Waals surface area contributed by atoms with Crippen LogP contribution in [0.25, 0.3) is 32.5 Å². The lowest BCUT2D eigenvalue weighted by atomic mass is 10.0. The summed E-state index contributed by atoms with van der Waals surface area (Å²) in [6.07, 6.45) is 4.58. The van der Waals surface area contributed by atoms with E-state index in [1.54, 1.807) is 6.07 Å². The van der Waals surface area contributed by atoms with Crippen LogP contribution in [0.3, 0.4) is 0 Å². The van der Waals surface area contributed by atoms with Gasteiger partial charge in [-0.15, -0.1) is 0 Å². The number of sulfonamides is 1. The van der Waals surface area contributed by atoms with Crippen LogP contribution in [0.15, 0.2) is 47.7 Å². The van der Waals surface area contributed by atoms with E-state index in [1.807, 2.05) is 36.5 Å². The number of hydrogen-bond acceptors (Lipinski definition) is 4. The van der Waals surface area contributed by atoms with E-state index in [0.717, 1.165) is 27.6 Å². The quantitative estimate of drug-likeness (QED) is 0.289. The molecule has 1 aliphatic rings. The largest absolute Gasteiger partial charge is 0.342 e. The van der Waals surface area contributed by atoms with Gasteiger partial charge in [-0.05, 0) is 41.6 Å². The summed E-state index contributed by atoms with van der Waals surface area (Å²) in [5.41, 5.74) is 12.7. The SMILES string of the molecule is CS(=O)(=O)N1CCC(n2cc(-c3cccc(C#N)c3)c3ccc(CN=[N+]=[N-])c(Cl)c32)CC1. The van der Waals surface area contributed by atoms with Crippen LogP contribution in [0, 0.1) is 11.3 Å². The van der Waals surface area contributed by atoms with Gasteiger partial charge in [0.25, 0.3) is 0 Å². The molecule has 1 saturated heterocycles. The highest BCUT2D eigenvalue weighted by atomic mass is 35.5. The molecule has 164 valence electrons. The number of nitriles is 1. The van der Waals surface area contributed by atoms with Gasteiger partial charge in [0.2, 0.25) is 10.0 Å². The first-order valence-electron chi connectivity index (χ1n) is 10.1. The van der Waals surface area contributed by atoms with Crippen molar-refractivity contribution in [2.45, 2.75) is 25.4 Å². The first kappa shape index (κ1) is 22.2. The zero-order valence-corrected chi connectivity index (χ0v) is 19.0. The Balaban J connectivity index is 1.85. The van der Waals surface area contributed by atoms with Gasteiger partial charge in [0.1, 0.15) is 0 Å². The van der Waals surface area contributed by atoms with Crippen molar-refractivity contribution in [1.29, 1.82) is 5.26 Å². The molecule has 1 fully saturated rings. The van der Waals surface area contributed by atoms with Crippen molar-refractivity contribution in [3.05, 3.63) is 69.2 Å². The Morgan fingerprint density at radius 3 is 2.69 bits per heavy atom. The van der Waals surface area contributed by atoms with E-state index < -0.39 is 10.0 Å². The highest BCUT2D eigenvalue weighted by Crippen LogP contribution is 2.40. The maximum atomic E-state index is 11.9. The number of piperidine rings is 1. The Morgan fingerprint density at radius 2 is 2.03 bits per heavy atom. The number of aromatic nitrogens is 1. The van der Waals surface area contributed by atoms with Gasteiger partial charge in [0.05, 0.1) is 35.0 Å². The Hall–Kier alpha value is -3.02. The minimum Gasteiger partial charge on any atom is -0.342 e. The van der Waals surface area contributed by atoms with Crippen molar-refractivity contribution in [1.82, 2.24) is 8.87 Å². The van der Waals surface area contributed by atoms with Crippen molar-refractivity contribution < 1.29 is 8.42 Å². The number of azide groups is 1. The van der Waals surface area contributed by atoms with Gasteiger partial charge in [0.15, 0.2) is 0 Å². The summed E-state index contributed by atoms with van der Waals surface area (Å²) in [5, 5.41) is 14.4. The summed E-state index contributed by atoms with van der Waals surface area (Å²) in [5.74, 6) is 0.